The third-order valence-electron chi connectivity index (χ3n) is 4.23. The van der Waals surface area contributed by atoms with E-state index in [-0.39, 0.29) is 5.91 Å². The molecule has 0 spiro atoms. The Morgan fingerprint density at radius 3 is 2.76 bits per heavy atom. The van der Waals surface area contributed by atoms with Crippen LogP contribution in [0, 0.1) is 11.8 Å². The Hall–Kier alpha value is -0.830. The zero-order chi connectivity index (χ0) is 12.4. The molecule has 1 aliphatic heterocycles. The van der Waals surface area contributed by atoms with Crippen LogP contribution < -0.4 is 5.73 Å². The number of hydrogen-bond acceptors (Lipinski definition) is 2. The van der Waals surface area contributed by atoms with Crippen molar-refractivity contribution in [3.63, 3.8) is 0 Å². The fourth-order valence-corrected chi connectivity index (χ4v) is 3.28. The lowest BCUT2D eigenvalue weighted by atomic mass is 9.79. The van der Waals surface area contributed by atoms with E-state index in [0.717, 1.165) is 37.9 Å². The minimum Gasteiger partial charge on any atom is -0.338 e. The first-order chi connectivity index (χ1) is 8.11. The molecule has 1 heterocycles. The molecule has 3 atom stereocenters. The average molecular weight is 236 g/mol. The van der Waals surface area contributed by atoms with E-state index in [4.69, 9.17) is 5.73 Å². The summed E-state index contributed by atoms with van der Waals surface area (Å²) in [6, 6.07) is 0.360. The van der Waals surface area contributed by atoms with Crippen molar-refractivity contribution in [3.8, 4) is 0 Å². The molecular formula is C14H24N2O. The first-order valence-corrected chi connectivity index (χ1v) is 6.83. The molecule has 0 aromatic rings. The Morgan fingerprint density at radius 2 is 2.06 bits per heavy atom. The maximum Gasteiger partial charge on any atom is 0.249 e. The number of fused-ring (bicyclic) bond motifs is 1. The summed E-state index contributed by atoms with van der Waals surface area (Å²) in [4.78, 5) is 14.2. The monoisotopic (exact) mass is 236 g/mol. The lowest BCUT2D eigenvalue weighted by Gasteiger charge is -2.27. The third-order valence-corrected chi connectivity index (χ3v) is 4.23. The van der Waals surface area contributed by atoms with Gasteiger partial charge in [0.1, 0.15) is 0 Å². The summed E-state index contributed by atoms with van der Waals surface area (Å²) in [5, 5.41) is 0. The number of carbonyl (C=O) groups is 1. The van der Waals surface area contributed by atoms with E-state index in [1.807, 2.05) is 17.9 Å². The Labute approximate surface area is 104 Å². The lowest BCUT2D eigenvalue weighted by Crippen LogP contribution is -2.32. The van der Waals surface area contributed by atoms with Crippen LogP contribution in [0.1, 0.15) is 39.5 Å². The maximum absolute atomic E-state index is 12.2. The van der Waals surface area contributed by atoms with Gasteiger partial charge < -0.3 is 10.6 Å². The highest BCUT2D eigenvalue weighted by Crippen LogP contribution is 2.36. The molecule has 2 fully saturated rings. The number of likely N-dealkylation sites (tertiary alicyclic amines) is 1. The van der Waals surface area contributed by atoms with Crippen molar-refractivity contribution in [2.24, 2.45) is 17.6 Å². The van der Waals surface area contributed by atoms with Crippen molar-refractivity contribution < 1.29 is 4.79 Å². The number of allylic oxidation sites excluding steroid dienone is 1. The maximum atomic E-state index is 12.2. The molecule has 1 saturated carbocycles. The summed E-state index contributed by atoms with van der Waals surface area (Å²) < 4.78 is 0. The normalized spacial score (nSPS) is 33.7. The van der Waals surface area contributed by atoms with E-state index in [0.29, 0.717) is 17.9 Å². The SMILES string of the molecule is CC/C=C(\C)C(=O)N1C[C@H]2CCC(N)C[C@H]2C1. The summed E-state index contributed by atoms with van der Waals surface area (Å²) in [5.74, 6) is 1.58. The topological polar surface area (TPSA) is 46.3 Å². The summed E-state index contributed by atoms with van der Waals surface area (Å²) in [6.07, 6.45) is 6.39. The van der Waals surface area contributed by atoms with E-state index in [9.17, 15) is 4.79 Å². The standard InChI is InChI=1S/C14H24N2O/c1-3-4-10(2)14(17)16-8-11-5-6-13(15)7-12(11)9-16/h4,11-13H,3,5-9,15H2,1-2H3/b10-4+/t11-,12+,13?/m1/s1. The van der Waals surface area contributed by atoms with E-state index in [1.165, 1.54) is 6.42 Å². The van der Waals surface area contributed by atoms with Crippen LogP contribution in [0.25, 0.3) is 0 Å². The van der Waals surface area contributed by atoms with Crippen LogP contribution in [0.15, 0.2) is 11.6 Å². The predicted octanol–water partition coefficient (Wildman–Crippen LogP) is 1.93. The van der Waals surface area contributed by atoms with Gasteiger partial charge in [-0.05, 0) is 44.4 Å². The van der Waals surface area contributed by atoms with Gasteiger partial charge in [0.05, 0.1) is 0 Å². The highest BCUT2D eigenvalue weighted by Gasteiger charge is 2.38. The van der Waals surface area contributed by atoms with Crippen molar-refractivity contribution in [1.29, 1.82) is 0 Å². The van der Waals surface area contributed by atoms with Gasteiger partial charge in [0.2, 0.25) is 5.91 Å². The molecule has 3 nitrogen and oxygen atoms in total. The van der Waals surface area contributed by atoms with E-state index in [1.54, 1.807) is 0 Å². The highest BCUT2D eigenvalue weighted by atomic mass is 16.2. The van der Waals surface area contributed by atoms with Crippen molar-refractivity contribution >= 4 is 5.91 Å². The molecule has 1 aliphatic carbocycles. The van der Waals surface area contributed by atoms with Gasteiger partial charge in [-0.15, -0.1) is 0 Å². The molecule has 1 unspecified atom stereocenters. The predicted molar refractivity (Wildman–Crippen MR) is 69.4 cm³/mol. The largest absolute Gasteiger partial charge is 0.338 e. The molecule has 1 saturated heterocycles. The van der Waals surface area contributed by atoms with E-state index < -0.39 is 0 Å². The van der Waals surface area contributed by atoms with E-state index >= 15 is 0 Å². The molecule has 0 bridgehead atoms. The summed E-state index contributed by atoms with van der Waals surface area (Å²) in [7, 11) is 0. The first kappa shape index (κ1) is 12.6. The number of nitrogens with two attached hydrogens (primary N) is 1. The first-order valence-electron chi connectivity index (χ1n) is 6.83. The van der Waals surface area contributed by atoms with Gasteiger partial charge in [-0.2, -0.15) is 0 Å². The fraction of sp³-hybridized carbons (Fsp3) is 0.786. The van der Waals surface area contributed by atoms with Crippen LogP contribution in [0.5, 0.6) is 0 Å². The minimum atomic E-state index is 0.231. The molecule has 0 aromatic carbocycles. The minimum absolute atomic E-state index is 0.231. The molecule has 17 heavy (non-hydrogen) atoms. The van der Waals surface area contributed by atoms with Gasteiger partial charge in [0.25, 0.3) is 0 Å². The number of carbonyl (C=O) groups excluding carboxylic acids is 1. The van der Waals surface area contributed by atoms with Gasteiger partial charge in [-0.25, -0.2) is 0 Å². The van der Waals surface area contributed by atoms with Crippen LogP contribution in [-0.4, -0.2) is 29.9 Å². The third kappa shape index (κ3) is 2.71. The summed E-state index contributed by atoms with van der Waals surface area (Å²) in [5.41, 5.74) is 6.90. The van der Waals surface area contributed by atoms with Crippen molar-refractivity contribution in [3.05, 3.63) is 11.6 Å². The molecule has 2 aliphatic rings. The van der Waals surface area contributed by atoms with Crippen molar-refractivity contribution in [2.75, 3.05) is 13.1 Å². The molecule has 0 aromatic heterocycles. The Morgan fingerprint density at radius 1 is 1.35 bits per heavy atom. The van der Waals surface area contributed by atoms with Crippen molar-refractivity contribution in [1.82, 2.24) is 4.90 Å². The van der Waals surface area contributed by atoms with Gasteiger partial charge in [0, 0.05) is 24.7 Å². The second-order valence-corrected chi connectivity index (χ2v) is 5.60. The summed E-state index contributed by atoms with van der Waals surface area (Å²) >= 11 is 0. The van der Waals surface area contributed by atoms with Crippen molar-refractivity contribution in [2.45, 2.75) is 45.6 Å². The number of hydrogen-bond donors (Lipinski definition) is 1. The zero-order valence-corrected chi connectivity index (χ0v) is 11.0. The highest BCUT2D eigenvalue weighted by molar-refractivity contribution is 5.93. The van der Waals surface area contributed by atoms with Crippen LogP contribution in [0.2, 0.25) is 0 Å². The molecular weight excluding hydrogens is 212 g/mol. The second kappa shape index (κ2) is 5.21. The van der Waals surface area contributed by atoms with Crippen LogP contribution in [-0.2, 0) is 4.79 Å². The number of nitrogens with zero attached hydrogens (tertiary/aromatic N) is 1. The molecule has 96 valence electrons. The molecule has 0 radical (unpaired) electrons. The Kier molecular flexibility index (Phi) is 3.87. The molecule has 2 rings (SSSR count). The smallest absolute Gasteiger partial charge is 0.249 e. The Bertz CT molecular complexity index is 324. The van der Waals surface area contributed by atoms with Gasteiger partial charge in [-0.3, -0.25) is 4.79 Å². The van der Waals surface area contributed by atoms with E-state index in [2.05, 4.69) is 6.92 Å². The van der Waals surface area contributed by atoms with Gasteiger partial charge >= 0.3 is 0 Å². The second-order valence-electron chi connectivity index (χ2n) is 5.60. The summed E-state index contributed by atoms with van der Waals surface area (Å²) in [6.45, 7) is 5.87. The Balaban J connectivity index is 1.97. The lowest BCUT2D eigenvalue weighted by molar-refractivity contribution is -0.126. The fourth-order valence-electron chi connectivity index (χ4n) is 3.28. The zero-order valence-electron chi connectivity index (χ0n) is 11.0. The number of amides is 1. The van der Waals surface area contributed by atoms with Crippen LogP contribution >= 0.6 is 0 Å². The van der Waals surface area contributed by atoms with Crippen LogP contribution in [0.4, 0.5) is 0 Å². The quantitative estimate of drug-likeness (QED) is 0.745. The number of rotatable bonds is 2. The van der Waals surface area contributed by atoms with Gasteiger partial charge in [0.15, 0.2) is 0 Å². The average Bonchev–Trinajstić information content (AvgIpc) is 2.71. The van der Waals surface area contributed by atoms with Crippen LogP contribution in [0.3, 0.4) is 0 Å². The van der Waals surface area contributed by atoms with Gasteiger partial charge in [-0.1, -0.05) is 13.0 Å². The molecule has 1 amide bonds. The molecule has 2 N–H and O–H groups in total. The molecule has 3 heteroatoms.